The molecule has 1 aliphatic heterocycles. The zero-order valence-electron chi connectivity index (χ0n) is 19.3. The maximum absolute atomic E-state index is 13.1. The van der Waals surface area contributed by atoms with Crippen LogP contribution < -0.4 is 19.5 Å². The molecule has 4 rings (SSSR count). The molecule has 0 aliphatic carbocycles. The number of morpholine rings is 1. The third-order valence-electron chi connectivity index (χ3n) is 5.80. The number of nitrogens with one attached hydrogen (secondary N) is 1. The molecule has 0 radical (unpaired) electrons. The molecule has 33 heavy (non-hydrogen) atoms. The van der Waals surface area contributed by atoms with Crippen molar-refractivity contribution in [1.82, 2.24) is 20.0 Å². The summed E-state index contributed by atoms with van der Waals surface area (Å²) in [6.45, 7) is 5.10. The number of fused-ring (bicyclic) bond motifs is 1. The summed E-state index contributed by atoms with van der Waals surface area (Å²) < 4.78 is 23.5. The smallest absolute Gasteiger partial charge is 0.272 e. The normalized spacial score (nSPS) is 14.3. The van der Waals surface area contributed by atoms with Crippen LogP contribution in [0.25, 0.3) is 10.9 Å². The van der Waals surface area contributed by atoms with Crippen LogP contribution in [-0.4, -0.2) is 74.8 Å². The van der Waals surface area contributed by atoms with Crippen molar-refractivity contribution >= 4 is 16.8 Å². The Morgan fingerprint density at radius 1 is 1.00 bits per heavy atom. The van der Waals surface area contributed by atoms with E-state index < -0.39 is 0 Å². The van der Waals surface area contributed by atoms with Gasteiger partial charge in [0.05, 0.1) is 41.1 Å². The van der Waals surface area contributed by atoms with Gasteiger partial charge >= 0.3 is 0 Å². The summed E-state index contributed by atoms with van der Waals surface area (Å²) in [4.78, 5) is 15.5. The van der Waals surface area contributed by atoms with Crippen LogP contribution in [0.5, 0.6) is 17.2 Å². The number of hydrogen-bond acceptors (Lipinski definition) is 7. The molecule has 9 heteroatoms. The second-order valence-electron chi connectivity index (χ2n) is 7.75. The molecular weight excluding hydrogens is 424 g/mol. The Kier molecular flexibility index (Phi) is 7.31. The highest BCUT2D eigenvalue weighted by atomic mass is 16.5. The van der Waals surface area contributed by atoms with E-state index in [2.05, 4.69) is 15.3 Å². The summed E-state index contributed by atoms with van der Waals surface area (Å²) in [7, 11) is 4.81. The maximum Gasteiger partial charge on any atom is 0.272 e. The fourth-order valence-electron chi connectivity index (χ4n) is 4.02. The summed E-state index contributed by atoms with van der Waals surface area (Å²) in [5, 5.41) is 8.42. The van der Waals surface area contributed by atoms with E-state index >= 15 is 0 Å². The van der Waals surface area contributed by atoms with Crippen LogP contribution in [0, 0.1) is 0 Å². The lowest BCUT2D eigenvalue weighted by Crippen LogP contribution is -2.38. The number of carbonyl (C=O) groups is 1. The molecule has 3 aromatic rings. The van der Waals surface area contributed by atoms with Gasteiger partial charge < -0.3 is 24.3 Å². The molecule has 0 bridgehead atoms. The number of benzene rings is 2. The van der Waals surface area contributed by atoms with Crippen LogP contribution in [0.2, 0.25) is 0 Å². The quantitative estimate of drug-likeness (QED) is 0.531. The van der Waals surface area contributed by atoms with Crippen LogP contribution in [0.1, 0.15) is 16.1 Å². The Morgan fingerprint density at radius 2 is 1.76 bits per heavy atom. The van der Waals surface area contributed by atoms with Gasteiger partial charge in [-0.15, -0.1) is 0 Å². The van der Waals surface area contributed by atoms with Gasteiger partial charge in [0.2, 0.25) is 0 Å². The zero-order valence-corrected chi connectivity index (χ0v) is 19.3. The standard InChI is InChI=1S/C24H30N4O5/c1-30-19-8-7-17(15-21(19)32-3)16-25-24(29)22-18-5-4-6-20(31-2)23(18)28(26-22)10-9-27-11-13-33-14-12-27/h4-8,15H,9-14,16H2,1-3H3,(H,25,29). The Labute approximate surface area is 193 Å². The van der Waals surface area contributed by atoms with Crippen molar-refractivity contribution in [3.63, 3.8) is 0 Å². The number of hydrogen-bond donors (Lipinski definition) is 1. The van der Waals surface area contributed by atoms with Crippen molar-refractivity contribution in [1.29, 1.82) is 0 Å². The first-order valence-corrected chi connectivity index (χ1v) is 11.0. The second kappa shape index (κ2) is 10.5. The first-order chi connectivity index (χ1) is 16.1. The van der Waals surface area contributed by atoms with Crippen molar-refractivity contribution in [3.05, 3.63) is 47.7 Å². The van der Waals surface area contributed by atoms with E-state index in [1.165, 1.54) is 0 Å². The number of nitrogens with zero attached hydrogens (tertiary/aromatic N) is 3. The first kappa shape index (κ1) is 22.9. The SMILES string of the molecule is COc1ccc(CNC(=O)c2nn(CCN3CCOCC3)c3c(OC)cccc23)cc1OC. The predicted molar refractivity (Wildman–Crippen MR) is 124 cm³/mol. The van der Waals surface area contributed by atoms with Crippen molar-refractivity contribution in [3.8, 4) is 17.2 Å². The summed E-state index contributed by atoms with van der Waals surface area (Å²) in [5.41, 5.74) is 2.10. The van der Waals surface area contributed by atoms with E-state index in [9.17, 15) is 4.79 Å². The largest absolute Gasteiger partial charge is 0.494 e. The fourth-order valence-corrected chi connectivity index (χ4v) is 4.02. The molecule has 2 heterocycles. The topological polar surface area (TPSA) is 87.1 Å². The highest BCUT2D eigenvalue weighted by molar-refractivity contribution is 6.06. The molecule has 1 aliphatic rings. The van der Waals surface area contributed by atoms with Crippen molar-refractivity contribution in [2.24, 2.45) is 0 Å². The Hall–Kier alpha value is -3.30. The molecule has 1 amide bonds. The number of para-hydroxylation sites is 1. The number of ether oxygens (including phenoxy) is 4. The average Bonchev–Trinajstić information content (AvgIpc) is 3.25. The van der Waals surface area contributed by atoms with Gasteiger partial charge in [0, 0.05) is 31.6 Å². The van der Waals surface area contributed by atoms with Crippen LogP contribution in [0.3, 0.4) is 0 Å². The summed E-state index contributed by atoms with van der Waals surface area (Å²) in [6.07, 6.45) is 0. The lowest BCUT2D eigenvalue weighted by Gasteiger charge is -2.26. The highest BCUT2D eigenvalue weighted by Crippen LogP contribution is 2.29. The molecular formula is C24H30N4O5. The molecule has 1 fully saturated rings. The Morgan fingerprint density at radius 3 is 2.48 bits per heavy atom. The number of carbonyl (C=O) groups excluding carboxylic acids is 1. The molecule has 0 atom stereocenters. The minimum absolute atomic E-state index is 0.242. The number of rotatable bonds is 9. The number of aromatic nitrogens is 2. The van der Waals surface area contributed by atoms with E-state index in [1.54, 1.807) is 21.3 Å². The molecule has 9 nitrogen and oxygen atoms in total. The average molecular weight is 455 g/mol. The Bertz CT molecular complexity index is 1110. The molecule has 0 unspecified atom stereocenters. The van der Waals surface area contributed by atoms with Gasteiger partial charge in [0.15, 0.2) is 17.2 Å². The number of amides is 1. The van der Waals surface area contributed by atoms with Gasteiger partial charge in [0.1, 0.15) is 11.3 Å². The molecule has 0 saturated carbocycles. The molecule has 176 valence electrons. The summed E-state index contributed by atoms with van der Waals surface area (Å²) >= 11 is 0. The van der Waals surface area contributed by atoms with Crippen LogP contribution in [0.15, 0.2) is 36.4 Å². The monoisotopic (exact) mass is 454 g/mol. The fraction of sp³-hybridized carbons (Fsp3) is 0.417. The minimum Gasteiger partial charge on any atom is -0.494 e. The van der Waals surface area contributed by atoms with E-state index in [-0.39, 0.29) is 5.91 Å². The maximum atomic E-state index is 13.1. The second-order valence-corrected chi connectivity index (χ2v) is 7.75. The van der Waals surface area contributed by atoms with Crippen LogP contribution in [0.4, 0.5) is 0 Å². The lowest BCUT2D eigenvalue weighted by molar-refractivity contribution is 0.0361. The van der Waals surface area contributed by atoms with Crippen molar-refractivity contribution in [2.45, 2.75) is 13.1 Å². The molecule has 0 spiro atoms. The third-order valence-corrected chi connectivity index (χ3v) is 5.80. The predicted octanol–water partition coefficient (Wildman–Crippen LogP) is 2.32. The van der Waals surface area contributed by atoms with Crippen LogP contribution >= 0.6 is 0 Å². The van der Waals surface area contributed by atoms with E-state index in [0.717, 1.165) is 49.3 Å². The summed E-state index contributed by atoms with van der Waals surface area (Å²) in [6, 6.07) is 11.2. The number of methoxy groups -OCH3 is 3. The van der Waals surface area contributed by atoms with Gasteiger partial charge in [-0.3, -0.25) is 14.4 Å². The van der Waals surface area contributed by atoms with E-state index in [1.807, 2.05) is 41.1 Å². The van der Waals surface area contributed by atoms with E-state index in [4.69, 9.17) is 18.9 Å². The first-order valence-electron chi connectivity index (χ1n) is 11.0. The highest BCUT2D eigenvalue weighted by Gasteiger charge is 2.21. The van der Waals surface area contributed by atoms with Gasteiger partial charge in [-0.25, -0.2) is 0 Å². The molecule has 1 N–H and O–H groups in total. The van der Waals surface area contributed by atoms with Crippen molar-refractivity contribution < 1.29 is 23.7 Å². The molecule has 2 aromatic carbocycles. The minimum atomic E-state index is -0.242. The zero-order chi connectivity index (χ0) is 23.2. The van der Waals surface area contributed by atoms with Crippen molar-refractivity contribution in [2.75, 3.05) is 54.2 Å². The molecule has 1 saturated heterocycles. The molecule has 1 aromatic heterocycles. The van der Waals surface area contributed by atoms with Gasteiger partial charge in [-0.2, -0.15) is 5.10 Å². The van der Waals surface area contributed by atoms with Gasteiger partial charge in [-0.05, 0) is 23.8 Å². The lowest BCUT2D eigenvalue weighted by atomic mass is 10.1. The summed E-state index contributed by atoms with van der Waals surface area (Å²) in [5.74, 6) is 1.71. The van der Waals surface area contributed by atoms with Crippen LogP contribution in [-0.2, 0) is 17.8 Å². The van der Waals surface area contributed by atoms with Gasteiger partial charge in [0.25, 0.3) is 5.91 Å². The third kappa shape index (κ3) is 5.04. The van der Waals surface area contributed by atoms with E-state index in [0.29, 0.717) is 36.0 Å². The van der Waals surface area contributed by atoms with Gasteiger partial charge in [-0.1, -0.05) is 18.2 Å². The Balaban J connectivity index is 1.54.